The molecule has 0 unspecified atom stereocenters. The first-order chi connectivity index (χ1) is 5.69. The van der Waals surface area contributed by atoms with Gasteiger partial charge in [0.05, 0.1) is 7.11 Å². The maximum Gasteiger partial charge on any atom is 0.166 e. The van der Waals surface area contributed by atoms with Crippen molar-refractivity contribution in [1.29, 1.82) is 0 Å². The van der Waals surface area contributed by atoms with Crippen LogP contribution < -0.4 is 4.74 Å². The van der Waals surface area contributed by atoms with Crippen LogP contribution in [0.5, 0.6) is 5.75 Å². The van der Waals surface area contributed by atoms with E-state index >= 15 is 0 Å². The van der Waals surface area contributed by atoms with Crippen molar-refractivity contribution in [3.63, 3.8) is 0 Å². The van der Waals surface area contributed by atoms with Gasteiger partial charge >= 0.3 is 0 Å². The summed E-state index contributed by atoms with van der Waals surface area (Å²) in [6.07, 6.45) is 0.773. The molecule has 0 N–H and O–H groups in total. The van der Waals surface area contributed by atoms with E-state index in [1.165, 1.54) is 13.2 Å². The van der Waals surface area contributed by atoms with Crippen LogP contribution in [0.25, 0.3) is 0 Å². The van der Waals surface area contributed by atoms with Gasteiger partial charge in [0, 0.05) is 5.02 Å². The summed E-state index contributed by atoms with van der Waals surface area (Å²) < 4.78 is 17.8. The van der Waals surface area contributed by atoms with Gasteiger partial charge in [0.2, 0.25) is 0 Å². The molecule has 0 bridgehead atoms. The molecule has 0 aliphatic carbocycles. The van der Waals surface area contributed by atoms with E-state index in [0.717, 1.165) is 12.0 Å². The van der Waals surface area contributed by atoms with E-state index in [1.54, 1.807) is 6.07 Å². The molecule has 0 atom stereocenters. The van der Waals surface area contributed by atoms with Crippen LogP contribution in [0.1, 0.15) is 12.5 Å². The Morgan fingerprint density at radius 1 is 1.50 bits per heavy atom. The Labute approximate surface area is 76.1 Å². The molecule has 1 aromatic carbocycles. The van der Waals surface area contributed by atoms with E-state index in [2.05, 4.69) is 0 Å². The van der Waals surface area contributed by atoms with Crippen molar-refractivity contribution in [1.82, 2.24) is 0 Å². The zero-order valence-corrected chi connectivity index (χ0v) is 7.78. The zero-order valence-electron chi connectivity index (χ0n) is 7.03. The summed E-state index contributed by atoms with van der Waals surface area (Å²) in [7, 11) is 1.44. The van der Waals surface area contributed by atoms with Gasteiger partial charge in [-0.15, -0.1) is 0 Å². The maximum absolute atomic E-state index is 13.0. The van der Waals surface area contributed by atoms with Crippen molar-refractivity contribution in [3.05, 3.63) is 28.5 Å². The second-order valence-corrected chi connectivity index (χ2v) is 2.84. The highest BCUT2D eigenvalue weighted by Crippen LogP contribution is 2.25. The Bertz CT molecular complexity index is 261. The average molecular weight is 189 g/mol. The third-order valence-corrected chi connectivity index (χ3v) is 2.05. The summed E-state index contributed by atoms with van der Waals surface area (Å²) in [4.78, 5) is 0. The summed E-state index contributed by atoms with van der Waals surface area (Å²) >= 11 is 5.76. The Kier molecular flexibility index (Phi) is 2.93. The second-order valence-electron chi connectivity index (χ2n) is 2.43. The van der Waals surface area contributed by atoms with Gasteiger partial charge in [-0.05, 0) is 24.1 Å². The fraction of sp³-hybridized carbons (Fsp3) is 0.333. The molecule has 12 heavy (non-hydrogen) atoms. The molecule has 0 aliphatic rings. The SMILES string of the molecule is CCc1cc(OC)c(F)cc1Cl. The average Bonchev–Trinajstić information content (AvgIpc) is 2.05. The lowest BCUT2D eigenvalue weighted by atomic mass is 10.1. The van der Waals surface area contributed by atoms with Crippen molar-refractivity contribution < 1.29 is 9.13 Å². The minimum atomic E-state index is -0.417. The van der Waals surface area contributed by atoms with Gasteiger partial charge in [-0.1, -0.05) is 18.5 Å². The van der Waals surface area contributed by atoms with Crippen LogP contribution in [0.15, 0.2) is 12.1 Å². The fourth-order valence-electron chi connectivity index (χ4n) is 0.999. The van der Waals surface area contributed by atoms with Gasteiger partial charge in [0.15, 0.2) is 11.6 Å². The van der Waals surface area contributed by atoms with Crippen LogP contribution in [0.3, 0.4) is 0 Å². The number of halogens is 2. The van der Waals surface area contributed by atoms with E-state index in [-0.39, 0.29) is 5.75 Å². The van der Waals surface area contributed by atoms with Crippen LogP contribution >= 0.6 is 11.6 Å². The monoisotopic (exact) mass is 188 g/mol. The van der Waals surface area contributed by atoms with E-state index in [0.29, 0.717) is 5.02 Å². The highest BCUT2D eigenvalue weighted by atomic mass is 35.5. The molecule has 0 spiro atoms. The summed E-state index contributed by atoms with van der Waals surface area (Å²) in [6, 6.07) is 2.90. The van der Waals surface area contributed by atoms with Gasteiger partial charge in [-0.25, -0.2) is 4.39 Å². The van der Waals surface area contributed by atoms with Gasteiger partial charge in [0.25, 0.3) is 0 Å². The third kappa shape index (κ3) is 1.69. The molecule has 1 rings (SSSR count). The largest absolute Gasteiger partial charge is 0.494 e. The lowest BCUT2D eigenvalue weighted by molar-refractivity contribution is 0.386. The Morgan fingerprint density at radius 3 is 2.67 bits per heavy atom. The standard InChI is InChI=1S/C9H10ClFO/c1-3-6-4-9(12-2)8(11)5-7(6)10/h4-5H,3H2,1-2H3. The highest BCUT2D eigenvalue weighted by molar-refractivity contribution is 6.31. The van der Waals surface area contributed by atoms with Crippen LogP contribution in [-0.2, 0) is 6.42 Å². The number of hydrogen-bond acceptors (Lipinski definition) is 1. The smallest absolute Gasteiger partial charge is 0.166 e. The molecule has 0 aliphatic heterocycles. The van der Waals surface area contributed by atoms with Crippen molar-refractivity contribution in [3.8, 4) is 5.75 Å². The number of benzene rings is 1. The molecule has 1 nitrogen and oxygen atoms in total. The van der Waals surface area contributed by atoms with Crippen LogP contribution in [0, 0.1) is 5.82 Å². The number of rotatable bonds is 2. The predicted molar refractivity (Wildman–Crippen MR) is 47.3 cm³/mol. The zero-order chi connectivity index (χ0) is 9.14. The van der Waals surface area contributed by atoms with E-state index in [9.17, 15) is 4.39 Å². The van der Waals surface area contributed by atoms with Gasteiger partial charge < -0.3 is 4.74 Å². The first-order valence-corrected chi connectivity index (χ1v) is 4.08. The fourth-order valence-corrected chi connectivity index (χ4v) is 1.28. The first kappa shape index (κ1) is 9.33. The second kappa shape index (κ2) is 3.76. The van der Waals surface area contributed by atoms with Gasteiger partial charge in [-0.2, -0.15) is 0 Å². The van der Waals surface area contributed by atoms with Crippen molar-refractivity contribution in [2.75, 3.05) is 7.11 Å². The predicted octanol–water partition coefficient (Wildman–Crippen LogP) is 3.05. The van der Waals surface area contributed by atoms with Crippen LogP contribution in [-0.4, -0.2) is 7.11 Å². The molecular formula is C9H10ClFO. The molecule has 1 aromatic rings. The molecule has 0 fully saturated rings. The lowest BCUT2D eigenvalue weighted by Gasteiger charge is -2.05. The van der Waals surface area contributed by atoms with Crippen molar-refractivity contribution >= 4 is 11.6 Å². The summed E-state index contributed by atoms with van der Waals surface area (Å²) in [6.45, 7) is 1.96. The number of methoxy groups -OCH3 is 1. The molecular weight excluding hydrogens is 179 g/mol. The van der Waals surface area contributed by atoms with Gasteiger partial charge in [0.1, 0.15) is 0 Å². The van der Waals surface area contributed by atoms with E-state index in [4.69, 9.17) is 16.3 Å². The minimum Gasteiger partial charge on any atom is -0.494 e. The summed E-state index contributed by atoms with van der Waals surface area (Å²) in [5.41, 5.74) is 0.898. The van der Waals surface area contributed by atoms with E-state index in [1.807, 2.05) is 6.92 Å². The summed E-state index contributed by atoms with van der Waals surface area (Å²) in [5, 5.41) is 0.454. The maximum atomic E-state index is 13.0. The third-order valence-electron chi connectivity index (χ3n) is 1.70. The molecule has 0 radical (unpaired) electrons. The van der Waals surface area contributed by atoms with Crippen molar-refractivity contribution in [2.45, 2.75) is 13.3 Å². The number of ether oxygens (including phenoxy) is 1. The van der Waals surface area contributed by atoms with Gasteiger partial charge in [-0.3, -0.25) is 0 Å². The Hall–Kier alpha value is -0.760. The first-order valence-electron chi connectivity index (χ1n) is 3.71. The molecule has 0 amide bonds. The summed E-state index contributed by atoms with van der Waals surface area (Å²) in [5.74, 6) is -0.170. The quantitative estimate of drug-likeness (QED) is 0.693. The molecule has 3 heteroatoms. The number of aryl methyl sites for hydroxylation is 1. The minimum absolute atomic E-state index is 0.247. The normalized spacial score (nSPS) is 10.0. The van der Waals surface area contributed by atoms with E-state index < -0.39 is 5.82 Å². The lowest BCUT2D eigenvalue weighted by Crippen LogP contribution is -1.91. The molecule has 0 aromatic heterocycles. The topological polar surface area (TPSA) is 9.23 Å². The molecule has 0 heterocycles. The molecule has 0 saturated carbocycles. The van der Waals surface area contributed by atoms with Crippen molar-refractivity contribution in [2.24, 2.45) is 0 Å². The highest BCUT2D eigenvalue weighted by Gasteiger charge is 2.06. The molecule has 66 valence electrons. The number of hydrogen-bond donors (Lipinski definition) is 0. The Balaban J connectivity index is 3.18. The Morgan fingerprint density at radius 2 is 2.17 bits per heavy atom. The molecule has 0 saturated heterocycles. The van der Waals surface area contributed by atoms with Crippen LogP contribution in [0.2, 0.25) is 5.02 Å². The van der Waals surface area contributed by atoms with Crippen LogP contribution in [0.4, 0.5) is 4.39 Å².